The monoisotopic (exact) mass is 380 g/mol. The summed E-state index contributed by atoms with van der Waals surface area (Å²) in [5.74, 6) is 0. The molecule has 0 saturated heterocycles. The molecule has 1 rings (SSSR count). The molecule has 1 aromatic carbocycles. The summed E-state index contributed by atoms with van der Waals surface area (Å²) in [6, 6.07) is 9.36. The molecule has 0 aromatic heterocycles. The normalized spacial score (nSPS) is 15.1. The first-order valence-electron chi connectivity index (χ1n) is 7.49. The van der Waals surface area contributed by atoms with Gasteiger partial charge >= 0.3 is 0 Å². The van der Waals surface area contributed by atoms with Gasteiger partial charge in [0.1, 0.15) is 6.10 Å². The first-order chi connectivity index (χ1) is 11.1. The van der Waals surface area contributed by atoms with Crippen LogP contribution in [-0.2, 0) is 39.9 Å². The highest BCUT2D eigenvalue weighted by Gasteiger charge is 2.28. The highest BCUT2D eigenvalue weighted by molar-refractivity contribution is 7.86. The molecule has 0 radical (unpaired) electrons. The molecule has 0 aliphatic rings. The molecule has 0 spiro atoms. The van der Waals surface area contributed by atoms with Gasteiger partial charge in [-0.05, 0) is 12.0 Å². The summed E-state index contributed by atoms with van der Waals surface area (Å²) in [6.45, 7) is 1.74. The fourth-order valence-electron chi connectivity index (χ4n) is 2.05. The van der Waals surface area contributed by atoms with E-state index in [4.69, 9.17) is 13.1 Å². The van der Waals surface area contributed by atoms with Crippen LogP contribution in [0.3, 0.4) is 0 Å². The summed E-state index contributed by atoms with van der Waals surface area (Å²) in [5, 5.41) is 0. The van der Waals surface area contributed by atoms with Crippen molar-refractivity contribution in [3.05, 3.63) is 35.9 Å². The summed E-state index contributed by atoms with van der Waals surface area (Å²) in [4.78, 5) is 0. The van der Waals surface area contributed by atoms with Crippen LogP contribution in [0.4, 0.5) is 0 Å². The maximum atomic E-state index is 11.5. The highest BCUT2D eigenvalue weighted by atomic mass is 32.2. The average molecular weight is 380 g/mol. The van der Waals surface area contributed by atoms with Crippen molar-refractivity contribution in [2.45, 2.75) is 38.6 Å². The second-order valence-corrected chi connectivity index (χ2v) is 8.70. The SMILES string of the molecule is CCCC(OCc1ccccc1)C(COS(C)(=O)=O)OS(C)(=O)=O. The Morgan fingerprint density at radius 1 is 0.958 bits per heavy atom. The number of hydrogen-bond donors (Lipinski definition) is 0. The van der Waals surface area contributed by atoms with Crippen LogP contribution in [0.25, 0.3) is 0 Å². The number of rotatable bonds is 11. The van der Waals surface area contributed by atoms with E-state index < -0.39 is 39.1 Å². The van der Waals surface area contributed by atoms with Gasteiger partial charge in [-0.1, -0.05) is 43.7 Å². The van der Waals surface area contributed by atoms with Crippen molar-refractivity contribution in [2.24, 2.45) is 0 Å². The molecule has 0 fully saturated rings. The molecule has 0 N–H and O–H groups in total. The van der Waals surface area contributed by atoms with Gasteiger partial charge in [-0.2, -0.15) is 16.8 Å². The molecule has 0 aliphatic heterocycles. The molecule has 2 atom stereocenters. The molecule has 1 aromatic rings. The zero-order valence-corrected chi connectivity index (χ0v) is 15.7. The van der Waals surface area contributed by atoms with E-state index in [1.165, 1.54) is 0 Å². The van der Waals surface area contributed by atoms with Crippen molar-refractivity contribution >= 4 is 20.2 Å². The molecule has 9 heteroatoms. The summed E-state index contributed by atoms with van der Waals surface area (Å²) in [5.41, 5.74) is 0.917. The van der Waals surface area contributed by atoms with Gasteiger partial charge in [0.25, 0.3) is 20.2 Å². The van der Waals surface area contributed by atoms with Crippen molar-refractivity contribution in [2.75, 3.05) is 19.1 Å². The van der Waals surface area contributed by atoms with E-state index in [1.54, 1.807) is 0 Å². The van der Waals surface area contributed by atoms with E-state index in [0.29, 0.717) is 12.8 Å². The number of hydrogen-bond acceptors (Lipinski definition) is 7. The third kappa shape index (κ3) is 9.33. The molecule has 0 heterocycles. The molecular formula is C15H24O7S2. The molecule has 7 nitrogen and oxygen atoms in total. The molecule has 24 heavy (non-hydrogen) atoms. The minimum atomic E-state index is -3.79. The van der Waals surface area contributed by atoms with E-state index in [0.717, 1.165) is 18.1 Å². The lowest BCUT2D eigenvalue weighted by molar-refractivity contribution is -0.0504. The Balaban J connectivity index is 2.84. The zero-order chi connectivity index (χ0) is 18.2. The lowest BCUT2D eigenvalue weighted by Crippen LogP contribution is -2.37. The average Bonchev–Trinajstić information content (AvgIpc) is 2.47. The topological polar surface area (TPSA) is 96.0 Å². The Bertz CT molecular complexity index is 684. The van der Waals surface area contributed by atoms with E-state index in [9.17, 15) is 16.8 Å². The second kappa shape index (κ2) is 9.47. The molecular weight excluding hydrogens is 356 g/mol. The van der Waals surface area contributed by atoms with Gasteiger partial charge in [-0.25, -0.2) is 0 Å². The summed E-state index contributed by atoms with van der Waals surface area (Å²) in [6.07, 6.45) is 1.34. The van der Waals surface area contributed by atoms with Crippen molar-refractivity contribution in [3.63, 3.8) is 0 Å². The minimum Gasteiger partial charge on any atom is -0.371 e. The molecule has 0 amide bonds. The van der Waals surface area contributed by atoms with Crippen LogP contribution in [-0.4, -0.2) is 48.2 Å². The summed E-state index contributed by atoms with van der Waals surface area (Å²) < 4.78 is 60.8. The van der Waals surface area contributed by atoms with Crippen molar-refractivity contribution < 1.29 is 29.9 Å². The van der Waals surface area contributed by atoms with Crippen molar-refractivity contribution in [1.29, 1.82) is 0 Å². The Kier molecular flexibility index (Phi) is 8.31. The largest absolute Gasteiger partial charge is 0.371 e. The van der Waals surface area contributed by atoms with Crippen molar-refractivity contribution in [1.82, 2.24) is 0 Å². The van der Waals surface area contributed by atoms with Gasteiger partial charge in [-0.15, -0.1) is 0 Å². The predicted octanol–water partition coefficient (Wildman–Crippen LogP) is 1.69. The van der Waals surface area contributed by atoms with Crippen LogP contribution in [0.15, 0.2) is 30.3 Å². The van der Waals surface area contributed by atoms with Gasteiger partial charge in [0, 0.05) is 0 Å². The summed E-state index contributed by atoms with van der Waals surface area (Å²) >= 11 is 0. The van der Waals surface area contributed by atoms with Crippen LogP contribution in [0.1, 0.15) is 25.3 Å². The predicted molar refractivity (Wildman–Crippen MR) is 90.4 cm³/mol. The molecule has 2 unspecified atom stereocenters. The molecule has 0 saturated carbocycles. The fraction of sp³-hybridized carbons (Fsp3) is 0.600. The lowest BCUT2D eigenvalue weighted by atomic mass is 10.1. The highest BCUT2D eigenvalue weighted by Crippen LogP contribution is 2.17. The van der Waals surface area contributed by atoms with Crippen LogP contribution in [0, 0.1) is 0 Å². The third-order valence-corrected chi connectivity index (χ3v) is 4.20. The third-order valence-electron chi connectivity index (χ3n) is 3.04. The summed E-state index contributed by atoms with van der Waals surface area (Å²) in [7, 11) is -7.51. The van der Waals surface area contributed by atoms with Gasteiger partial charge in [0.2, 0.25) is 0 Å². The van der Waals surface area contributed by atoms with Gasteiger partial charge < -0.3 is 4.74 Å². The van der Waals surface area contributed by atoms with E-state index >= 15 is 0 Å². The molecule has 138 valence electrons. The zero-order valence-electron chi connectivity index (χ0n) is 14.0. The molecule has 0 bridgehead atoms. The van der Waals surface area contributed by atoms with Crippen LogP contribution >= 0.6 is 0 Å². The smallest absolute Gasteiger partial charge is 0.264 e. The Morgan fingerprint density at radius 3 is 2.08 bits per heavy atom. The lowest BCUT2D eigenvalue weighted by Gasteiger charge is -2.26. The van der Waals surface area contributed by atoms with E-state index in [2.05, 4.69) is 0 Å². The standard InChI is InChI=1S/C15H24O7S2/c1-4-8-14(20-11-13-9-6-5-7-10-13)15(22-24(3,18)19)12-21-23(2,16)17/h5-7,9-10,14-15H,4,8,11-12H2,1-3H3. The fourth-order valence-corrected chi connectivity index (χ4v) is 3.06. The van der Waals surface area contributed by atoms with Gasteiger partial charge in [0.15, 0.2) is 0 Å². The number of ether oxygens (including phenoxy) is 1. The quantitative estimate of drug-likeness (QED) is 0.539. The Hall–Kier alpha value is -1.00. The first kappa shape index (κ1) is 21.0. The Labute approximate surface area is 144 Å². The Morgan fingerprint density at radius 2 is 1.58 bits per heavy atom. The van der Waals surface area contributed by atoms with Gasteiger partial charge in [-0.3, -0.25) is 8.37 Å². The van der Waals surface area contributed by atoms with E-state index in [1.807, 2.05) is 37.3 Å². The second-order valence-electron chi connectivity index (χ2n) is 5.45. The maximum Gasteiger partial charge on any atom is 0.264 e. The van der Waals surface area contributed by atoms with Crippen molar-refractivity contribution in [3.8, 4) is 0 Å². The molecule has 0 aliphatic carbocycles. The van der Waals surface area contributed by atoms with Crippen LogP contribution in [0.2, 0.25) is 0 Å². The van der Waals surface area contributed by atoms with Gasteiger partial charge in [0.05, 0.1) is 31.8 Å². The number of benzene rings is 1. The minimum absolute atomic E-state index is 0.258. The van der Waals surface area contributed by atoms with Crippen LogP contribution in [0.5, 0.6) is 0 Å². The first-order valence-corrected chi connectivity index (χ1v) is 11.1. The maximum absolute atomic E-state index is 11.5. The van der Waals surface area contributed by atoms with E-state index in [-0.39, 0.29) is 6.61 Å². The van der Waals surface area contributed by atoms with Crippen LogP contribution < -0.4 is 0 Å².